The fraction of sp³-hybridized carbons (Fsp3) is 0.125. The number of H-pyrrole nitrogens is 1. The van der Waals surface area contributed by atoms with Crippen LogP contribution in [0.25, 0.3) is 11.1 Å². The first-order valence-electron chi connectivity index (χ1n) is 6.78. The van der Waals surface area contributed by atoms with Gasteiger partial charge in [0.1, 0.15) is 0 Å². The standard InChI is InChI=1S/C16H13ClN2O3/c17-12-4-2-1-3-10(12)5-8-15(20)18-11-6-7-14-13(9-11)19-16(21)22-14/h1-4,6-7,9H,5,8H2,(H,18,20)(H,19,21). The second kappa shape index (κ2) is 6.07. The molecule has 1 amide bonds. The Morgan fingerprint density at radius 1 is 1.23 bits per heavy atom. The zero-order valence-electron chi connectivity index (χ0n) is 11.6. The summed E-state index contributed by atoms with van der Waals surface area (Å²) in [5.74, 6) is -0.637. The van der Waals surface area contributed by atoms with Gasteiger partial charge in [0.05, 0.1) is 5.52 Å². The third-order valence-corrected chi connectivity index (χ3v) is 3.65. The maximum Gasteiger partial charge on any atom is 0.417 e. The predicted octanol–water partition coefficient (Wildman–Crippen LogP) is 3.35. The van der Waals surface area contributed by atoms with Gasteiger partial charge >= 0.3 is 5.76 Å². The molecule has 0 saturated heterocycles. The van der Waals surface area contributed by atoms with E-state index in [9.17, 15) is 9.59 Å². The van der Waals surface area contributed by atoms with E-state index in [4.69, 9.17) is 16.0 Å². The van der Waals surface area contributed by atoms with Crippen molar-refractivity contribution in [3.63, 3.8) is 0 Å². The fourth-order valence-electron chi connectivity index (χ4n) is 2.20. The molecular formula is C16H13ClN2O3. The molecule has 2 aromatic carbocycles. The molecule has 1 aromatic heterocycles. The molecular weight excluding hydrogens is 304 g/mol. The van der Waals surface area contributed by atoms with Gasteiger partial charge in [0.25, 0.3) is 0 Å². The van der Waals surface area contributed by atoms with Crippen LogP contribution < -0.4 is 11.1 Å². The Morgan fingerprint density at radius 2 is 2.05 bits per heavy atom. The van der Waals surface area contributed by atoms with E-state index in [2.05, 4.69) is 10.3 Å². The molecule has 6 heteroatoms. The number of fused-ring (bicyclic) bond motifs is 1. The molecule has 3 rings (SSSR count). The largest absolute Gasteiger partial charge is 0.417 e. The maximum absolute atomic E-state index is 12.0. The molecule has 0 radical (unpaired) electrons. The first-order chi connectivity index (χ1) is 10.6. The normalized spacial score (nSPS) is 10.8. The molecule has 1 heterocycles. The molecule has 2 N–H and O–H groups in total. The number of amides is 1. The minimum atomic E-state index is -0.516. The number of halogens is 1. The van der Waals surface area contributed by atoms with Crippen molar-refractivity contribution in [1.29, 1.82) is 0 Å². The van der Waals surface area contributed by atoms with Crippen LogP contribution in [0, 0.1) is 0 Å². The third-order valence-electron chi connectivity index (χ3n) is 3.28. The Hall–Kier alpha value is -2.53. The highest BCUT2D eigenvalue weighted by Crippen LogP contribution is 2.18. The number of rotatable bonds is 4. The third kappa shape index (κ3) is 3.20. The van der Waals surface area contributed by atoms with E-state index < -0.39 is 5.76 Å². The molecule has 3 aromatic rings. The lowest BCUT2D eigenvalue weighted by Gasteiger charge is -2.06. The monoisotopic (exact) mass is 316 g/mol. The van der Waals surface area contributed by atoms with Crippen molar-refractivity contribution in [3.05, 3.63) is 63.6 Å². The van der Waals surface area contributed by atoms with E-state index in [-0.39, 0.29) is 5.91 Å². The minimum Gasteiger partial charge on any atom is -0.408 e. The lowest BCUT2D eigenvalue weighted by atomic mass is 10.1. The molecule has 5 nitrogen and oxygen atoms in total. The van der Waals surface area contributed by atoms with Crippen LogP contribution in [0.5, 0.6) is 0 Å². The molecule has 0 aliphatic carbocycles. The van der Waals surface area contributed by atoms with Gasteiger partial charge in [-0.05, 0) is 36.2 Å². The highest BCUT2D eigenvalue weighted by molar-refractivity contribution is 6.31. The van der Waals surface area contributed by atoms with Crippen molar-refractivity contribution in [2.75, 3.05) is 5.32 Å². The van der Waals surface area contributed by atoms with Crippen LogP contribution in [0.1, 0.15) is 12.0 Å². The summed E-state index contributed by atoms with van der Waals surface area (Å²) < 4.78 is 4.91. The van der Waals surface area contributed by atoms with Crippen molar-refractivity contribution in [2.24, 2.45) is 0 Å². The summed E-state index contributed by atoms with van der Waals surface area (Å²) in [5.41, 5.74) is 2.55. The molecule has 112 valence electrons. The summed E-state index contributed by atoms with van der Waals surface area (Å²) in [6.07, 6.45) is 0.889. The second-order valence-electron chi connectivity index (χ2n) is 4.87. The summed E-state index contributed by atoms with van der Waals surface area (Å²) in [5, 5.41) is 3.45. The predicted molar refractivity (Wildman–Crippen MR) is 85.2 cm³/mol. The van der Waals surface area contributed by atoms with Crippen LogP contribution in [-0.2, 0) is 11.2 Å². The molecule has 0 spiro atoms. The first kappa shape index (κ1) is 14.4. The molecule has 0 aliphatic rings. The average molecular weight is 317 g/mol. The molecule has 0 fully saturated rings. The van der Waals surface area contributed by atoms with Gasteiger partial charge in [0, 0.05) is 17.1 Å². The van der Waals surface area contributed by atoms with Crippen LogP contribution in [0.15, 0.2) is 51.7 Å². The Balaban J connectivity index is 1.65. The lowest BCUT2D eigenvalue weighted by molar-refractivity contribution is -0.116. The smallest absolute Gasteiger partial charge is 0.408 e. The Bertz CT molecular complexity index is 882. The zero-order valence-corrected chi connectivity index (χ0v) is 12.3. The molecule has 0 aliphatic heterocycles. The highest BCUT2D eigenvalue weighted by atomic mass is 35.5. The van der Waals surface area contributed by atoms with E-state index >= 15 is 0 Å². The average Bonchev–Trinajstić information content (AvgIpc) is 2.86. The van der Waals surface area contributed by atoms with Crippen LogP contribution in [0.4, 0.5) is 5.69 Å². The van der Waals surface area contributed by atoms with Crippen LogP contribution in [-0.4, -0.2) is 10.9 Å². The highest BCUT2D eigenvalue weighted by Gasteiger charge is 2.07. The number of aromatic nitrogens is 1. The number of benzene rings is 2. The second-order valence-corrected chi connectivity index (χ2v) is 5.27. The molecule has 0 saturated carbocycles. The van der Waals surface area contributed by atoms with Crippen LogP contribution >= 0.6 is 11.6 Å². The quantitative estimate of drug-likeness (QED) is 0.775. The van der Waals surface area contributed by atoms with Crippen molar-refractivity contribution < 1.29 is 9.21 Å². The van der Waals surface area contributed by atoms with Gasteiger partial charge in [-0.3, -0.25) is 9.78 Å². The number of hydrogen-bond donors (Lipinski definition) is 2. The number of hydrogen-bond acceptors (Lipinski definition) is 3. The van der Waals surface area contributed by atoms with E-state index in [1.807, 2.05) is 18.2 Å². The van der Waals surface area contributed by atoms with Gasteiger partial charge in [-0.25, -0.2) is 4.79 Å². The van der Waals surface area contributed by atoms with Crippen LogP contribution in [0.2, 0.25) is 5.02 Å². The Morgan fingerprint density at radius 3 is 2.86 bits per heavy atom. The van der Waals surface area contributed by atoms with E-state index in [1.165, 1.54) is 0 Å². The molecule has 22 heavy (non-hydrogen) atoms. The van der Waals surface area contributed by atoms with E-state index in [0.29, 0.717) is 34.7 Å². The summed E-state index contributed by atoms with van der Waals surface area (Å²) in [4.78, 5) is 25.6. The molecule has 0 unspecified atom stereocenters. The van der Waals surface area contributed by atoms with Gasteiger partial charge in [-0.1, -0.05) is 29.8 Å². The lowest BCUT2D eigenvalue weighted by Crippen LogP contribution is -2.12. The number of oxazole rings is 1. The topological polar surface area (TPSA) is 75.1 Å². The maximum atomic E-state index is 12.0. The Labute approximate surface area is 130 Å². The van der Waals surface area contributed by atoms with Crippen molar-refractivity contribution >= 4 is 34.3 Å². The van der Waals surface area contributed by atoms with Gasteiger partial charge in [-0.2, -0.15) is 0 Å². The van der Waals surface area contributed by atoms with E-state index in [1.54, 1.807) is 24.3 Å². The summed E-state index contributed by atoms with van der Waals surface area (Å²) in [6, 6.07) is 12.4. The SMILES string of the molecule is O=C(CCc1ccccc1Cl)Nc1ccc2oc(=O)[nH]c2c1. The van der Waals surface area contributed by atoms with Crippen LogP contribution in [0.3, 0.4) is 0 Å². The summed E-state index contributed by atoms with van der Waals surface area (Å²) in [6.45, 7) is 0. The van der Waals surface area contributed by atoms with E-state index in [0.717, 1.165) is 5.56 Å². The molecule has 0 bridgehead atoms. The number of carbonyl (C=O) groups is 1. The summed E-state index contributed by atoms with van der Waals surface area (Å²) in [7, 11) is 0. The fourth-order valence-corrected chi connectivity index (χ4v) is 2.43. The number of carbonyl (C=O) groups excluding carboxylic acids is 1. The van der Waals surface area contributed by atoms with Gasteiger partial charge in [0.2, 0.25) is 5.91 Å². The molecule has 0 atom stereocenters. The zero-order chi connectivity index (χ0) is 15.5. The number of aryl methyl sites for hydroxylation is 1. The van der Waals surface area contributed by atoms with Crippen molar-refractivity contribution in [3.8, 4) is 0 Å². The van der Waals surface area contributed by atoms with Gasteiger partial charge < -0.3 is 9.73 Å². The van der Waals surface area contributed by atoms with Crippen molar-refractivity contribution in [2.45, 2.75) is 12.8 Å². The number of anilines is 1. The first-order valence-corrected chi connectivity index (χ1v) is 7.16. The van der Waals surface area contributed by atoms with Gasteiger partial charge in [0.15, 0.2) is 5.58 Å². The van der Waals surface area contributed by atoms with Gasteiger partial charge in [-0.15, -0.1) is 0 Å². The summed E-state index contributed by atoms with van der Waals surface area (Å²) >= 11 is 6.06. The van der Waals surface area contributed by atoms with Crippen molar-refractivity contribution in [1.82, 2.24) is 4.98 Å². The Kier molecular flexibility index (Phi) is 3.98. The number of aromatic amines is 1. The minimum absolute atomic E-state index is 0.120. The number of nitrogens with one attached hydrogen (secondary N) is 2.